The maximum atomic E-state index is 4.19. The Balaban J connectivity index is 1.98. The van der Waals surface area contributed by atoms with Crippen LogP contribution < -0.4 is 0 Å². The van der Waals surface area contributed by atoms with E-state index in [0.717, 1.165) is 12.1 Å². The highest BCUT2D eigenvalue weighted by Crippen LogP contribution is 2.00. The van der Waals surface area contributed by atoms with E-state index in [4.69, 9.17) is 0 Å². The van der Waals surface area contributed by atoms with E-state index in [0.29, 0.717) is 0 Å². The number of hydrogen-bond donors (Lipinski definition) is 0. The Hall–Kier alpha value is -2.11. The predicted molar refractivity (Wildman–Crippen MR) is 66.9 cm³/mol. The predicted octanol–water partition coefficient (Wildman–Crippen LogP) is 3.49. The summed E-state index contributed by atoms with van der Waals surface area (Å²) in [5.41, 5.74) is 5.37. The van der Waals surface area contributed by atoms with Gasteiger partial charge in [-0.25, -0.2) is 0 Å². The van der Waals surface area contributed by atoms with Gasteiger partial charge in [0.2, 0.25) is 0 Å². The third kappa shape index (κ3) is 3.23. The highest BCUT2D eigenvalue weighted by molar-refractivity contribution is 5.43. The molecule has 1 heterocycles. The number of allylic oxidation sites excluding steroid dienone is 1. The van der Waals surface area contributed by atoms with Crippen molar-refractivity contribution in [3.8, 4) is 0 Å². The topological polar surface area (TPSA) is 12.9 Å². The van der Waals surface area contributed by atoms with Gasteiger partial charge >= 0.3 is 0 Å². The van der Waals surface area contributed by atoms with Crippen molar-refractivity contribution in [2.24, 2.45) is 0 Å². The van der Waals surface area contributed by atoms with Gasteiger partial charge in [0.15, 0.2) is 0 Å². The van der Waals surface area contributed by atoms with Crippen molar-refractivity contribution < 1.29 is 0 Å². The average molecular weight is 207 g/mol. The summed E-state index contributed by atoms with van der Waals surface area (Å²) in [6.45, 7) is 0. The SMILES string of the molecule is C(=CCc1ccccc1)=Cc1ccccn1. The van der Waals surface area contributed by atoms with Crippen LogP contribution in [0.1, 0.15) is 11.3 Å². The molecule has 0 unspecified atom stereocenters. The maximum absolute atomic E-state index is 4.19. The molecule has 0 aliphatic carbocycles. The fourth-order valence-electron chi connectivity index (χ4n) is 1.40. The molecule has 0 amide bonds. The van der Waals surface area contributed by atoms with Crippen LogP contribution in [0.5, 0.6) is 0 Å². The van der Waals surface area contributed by atoms with Crippen LogP contribution in [0, 0.1) is 0 Å². The van der Waals surface area contributed by atoms with Crippen LogP contribution in [-0.2, 0) is 6.42 Å². The summed E-state index contributed by atoms with van der Waals surface area (Å²) in [6, 6.07) is 16.2. The van der Waals surface area contributed by atoms with Crippen molar-refractivity contribution in [2.75, 3.05) is 0 Å². The van der Waals surface area contributed by atoms with Crippen molar-refractivity contribution in [1.29, 1.82) is 0 Å². The standard InChI is InChI=1S/C15H13N/c1-2-8-14(9-3-1)10-4-5-11-15-12-6-7-13-16-15/h1-4,6-9,11-13H,10H2. The molecule has 1 aromatic carbocycles. The first-order valence-electron chi connectivity index (χ1n) is 5.31. The molecule has 1 aromatic heterocycles. The van der Waals surface area contributed by atoms with Crippen LogP contribution >= 0.6 is 0 Å². The highest BCUT2D eigenvalue weighted by Gasteiger charge is 1.85. The van der Waals surface area contributed by atoms with Gasteiger partial charge in [-0.2, -0.15) is 0 Å². The lowest BCUT2D eigenvalue weighted by molar-refractivity contribution is 1.27. The number of nitrogens with zero attached hydrogens (tertiary/aromatic N) is 1. The minimum Gasteiger partial charge on any atom is -0.256 e. The second-order valence-electron chi connectivity index (χ2n) is 3.46. The Morgan fingerprint density at radius 3 is 2.56 bits per heavy atom. The van der Waals surface area contributed by atoms with Gasteiger partial charge in [0.1, 0.15) is 0 Å². The molecule has 1 nitrogen and oxygen atoms in total. The summed E-state index contributed by atoms with van der Waals surface area (Å²) in [6.07, 6.45) is 6.60. The van der Waals surface area contributed by atoms with Crippen LogP contribution in [0.4, 0.5) is 0 Å². The molecule has 16 heavy (non-hydrogen) atoms. The van der Waals surface area contributed by atoms with Crippen LogP contribution in [0.15, 0.2) is 66.5 Å². The van der Waals surface area contributed by atoms with E-state index in [9.17, 15) is 0 Å². The van der Waals surface area contributed by atoms with Crippen LogP contribution in [0.3, 0.4) is 0 Å². The van der Waals surface area contributed by atoms with E-state index in [1.165, 1.54) is 5.56 Å². The summed E-state index contributed by atoms with van der Waals surface area (Å²) in [4.78, 5) is 4.19. The van der Waals surface area contributed by atoms with Gasteiger partial charge in [-0.05, 0) is 30.2 Å². The van der Waals surface area contributed by atoms with Gasteiger partial charge < -0.3 is 0 Å². The summed E-state index contributed by atoms with van der Waals surface area (Å²) < 4.78 is 0. The molecule has 2 aromatic rings. The molecule has 0 radical (unpaired) electrons. The van der Waals surface area contributed by atoms with Crippen LogP contribution in [0.25, 0.3) is 6.08 Å². The molecule has 0 aliphatic heterocycles. The number of rotatable bonds is 3. The minimum atomic E-state index is 0.907. The normalized spacial score (nSPS) is 9.25. The second kappa shape index (κ2) is 5.69. The number of benzene rings is 1. The van der Waals surface area contributed by atoms with Crippen molar-refractivity contribution in [3.05, 3.63) is 77.8 Å². The summed E-state index contributed by atoms with van der Waals surface area (Å²) in [7, 11) is 0. The lowest BCUT2D eigenvalue weighted by Crippen LogP contribution is -1.77. The Morgan fingerprint density at radius 1 is 1.00 bits per heavy atom. The smallest absolute Gasteiger partial charge is 0.0706 e. The number of hydrogen-bond acceptors (Lipinski definition) is 1. The lowest BCUT2D eigenvalue weighted by Gasteiger charge is -1.91. The fourth-order valence-corrected chi connectivity index (χ4v) is 1.40. The lowest BCUT2D eigenvalue weighted by atomic mass is 10.1. The monoisotopic (exact) mass is 207 g/mol. The van der Waals surface area contributed by atoms with Crippen LogP contribution in [0.2, 0.25) is 0 Å². The molecule has 0 saturated carbocycles. The Kier molecular flexibility index (Phi) is 3.70. The maximum Gasteiger partial charge on any atom is 0.0706 e. The van der Waals surface area contributed by atoms with Gasteiger partial charge in [0.25, 0.3) is 0 Å². The Bertz CT molecular complexity index is 479. The van der Waals surface area contributed by atoms with Crippen molar-refractivity contribution in [2.45, 2.75) is 6.42 Å². The van der Waals surface area contributed by atoms with E-state index in [-0.39, 0.29) is 0 Å². The Labute approximate surface area is 95.8 Å². The molecule has 0 spiro atoms. The molecule has 2 rings (SSSR count). The van der Waals surface area contributed by atoms with Crippen molar-refractivity contribution in [3.63, 3.8) is 0 Å². The molecular formula is C15H13N. The first kappa shape index (κ1) is 10.4. The highest BCUT2D eigenvalue weighted by atomic mass is 14.6. The number of aromatic nitrogens is 1. The molecule has 0 N–H and O–H groups in total. The molecule has 0 aliphatic rings. The molecule has 0 bridgehead atoms. The van der Waals surface area contributed by atoms with E-state index in [1.54, 1.807) is 6.20 Å². The van der Waals surface area contributed by atoms with Gasteiger partial charge in [-0.15, -0.1) is 5.73 Å². The summed E-state index contributed by atoms with van der Waals surface area (Å²) in [5.74, 6) is 0. The minimum absolute atomic E-state index is 0.907. The fraction of sp³-hybridized carbons (Fsp3) is 0.0667. The van der Waals surface area contributed by atoms with E-state index in [2.05, 4.69) is 22.8 Å². The largest absolute Gasteiger partial charge is 0.256 e. The number of pyridine rings is 1. The third-order valence-corrected chi connectivity index (χ3v) is 2.22. The molecule has 78 valence electrons. The molecule has 0 saturated heterocycles. The summed E-state index contributed by atoms with van der Waals surface area (Å²) >= 11 is 0. The zero-order chi connectivity index (χ0) is 11.1. The van der Waals surface area contributed by atoms with Crippen LogP contribution in [-0.4, -0.2) is 4.98 Å². The van der Waals surface area contributed by atoms with Crippen molar-refractivity contribution in [1.82, 2.24) is 4.98 Å². The summed E-state index contributed by atoms with van der Waals surface area (Å²) in [5, 5.41) is 0. The van der Waals surface area contributed by atoms with E-state index in [1.807, 2.05) is 48.6 Å². The zero-order valence-corrected chi connectivity index (χ0v) is 9.01. The first-order valence-corrected chi connectivity index (χ1v) is 5.31. The molecule has 0 atom stereocenters. The second-order valence-corrected chi connectivity index (χ2v) is 3.46. The molecule has 1 heteroatoms. The van der Waals surface area contributed by atoms with Gasteiger partial charge in [0.05, 0.1) is 5.69 Å². The van der Waals surface area contributed by atoms with Gasteiger partial charge in [0, 0.05) is 12.3 Å². The molecular weight excluding hydrogens is 194 g/mol. The van der Waals surface area contributed by atoms with Crippen molar-refractivity contribution >= 4 is 6.08 Å². The molecule has 0 fully saturated rings. The van der Waals surface area contributed by atoms with Gasteiger partial charge in [-0.3, -0.25) is 4.98 Å². The first-order chi connectivity index (χ1) is 7.95. The average Bonchev–Trinajstić information content (AvgIpc) is 2.37. The van der Waals surface area contributed by atoms with E-state index < -0.39 is 0 Å². The zero-order valence-electron chi connectivity index (χ0n) is 9.01. The Morgan fingerprint density at radius 2 is 1.81 bits per heavy atom. The quantitative estimate of drug-likeness (QED) is 0.702. The third-order valence-electron chi connectivity index (χ3n) is 2.22. The van der Waals surface area contributed by atoms with E-state index >= 15 is 0 Å². The van der Waals surface area contributed by atoms with Gasteiger partial charge in [-0.1, -0.05) is 36.4 Å².